The van der Waals surface area contributed by atoms with E-state index in [1.54, 1.807) is 55.8 Å². The van der Waals surface area contributed by atoms with Gasteiger partial charge in [0, 0.05) is 18.9 Å². The van der Waals surface area contributed by atoms with E-state index in [9.17, 15) is 4.79 Å². The second-order valence-corrected chi connectivity index (χ2v) is 3.62. The molecule has 0 fully saturated rings. The van der Waals surface area contributed by atoms with E-state index in [-0.39, 0.29) is 12.6 Å². The van der Waals surface area contributed by atoms with Crippen molar-refractivity contribution in [3.8, 4) is 5.75 Å². The highest BCUT2D eigenvalue weighted by atomic mass is 16.7. The van der Waals surface area contributed by atoms with Gasteiger partial charge in [-0.15, -0.1) is 0 Å². The molecule has 0 atom stereocenters. The number of aromatic nitrogens is 1. The Bertz CT molecular complexity index is 526. The lowest BCUT2D eigenvalue weighted by Gasteiger charge is -2.06. The number of rotatable bonds is 5. The number of hydrogen-bond donors (Lipinski definition) is 0. The highest BCUT2D eigenvalue weighted by molar-refractivity contribution is 6.07. The molecule has 1 aromatic carbocycles. The highest BCUT2D eigenvalue weighted by Gasteiger charge is 2.10. The van der Waals surface area contributed by atoms with Gasteiger partial charge >= 0.3 is 0 Å². The van der Waals surface area contributed by atoms with Crippen molar-refractivity contribution in [1.82, 2.24) is 4.98 Å². The molecule has 0 aliphatic heterocycles. The summed E-state index contributed by atoms with van der Waals surface area (Å²) in [4.78, 5) is 16.2. The maximum Gasteiger partial charge on any atom is 0.211 e. The van der Waals surface area contributed by atoms with Gasteiger partial charge < -0.3 is 9.47 Å². The normalized spacial score (nSPS) is 10.1. The van der Waals surface area contributed by atoms with E-state index in [1.165, 1.54) is 0 Å². The molecule has 0 aliphatic carbocycles. The fourth-order valence-corrected chi connectivity index (χ4v) is 1.50. The molecule has 0 bridgehead atoms. The smallest absolute Gasteiger partial charge is 0.211 e. The van der Waals surface area contributed by atoms with Crippen molar-refractivity contribution in [2.75, 3.05) is 13.9 Å². The van der Waals surface area contributed by atoms with E-state index < -0.39 is 0 Å². The molecule has 0 saturated heterocycles. The zero-order valence-electron chi connectivity index (χ0n) is 10.00. The molecule has 0 aliphatic rings. The SMILES string of the molecule is COCOc1cccc(C(=O)c2ccccn2)c1. The standard InChI is InChI=1S/C14H13NO3/c1-17-10-18-12-6-4-5-11(9-12)14(16)13-7-2-3-8-15-13/h2-9H,10H2,1H3. The van der Waals surface area contributed by atoms with Gasteiger partial charge in [0.25, 0.3) is 0 Å². The fourth-order valence-electron chi connectivity index (χ4n) is 1.50. The van der Waals surface area contributed by atoms with Crippen molar-refractivity contribution < 1.29 is 14.3 Å². The molecule has 0 unspecified atom stereocenters. The summed E-state index contributed by atoms with van der Waals surface area (Å²) in [6, 6.07) is 12.2. The predicted octanol–water partition coefficient (Wildman–Crippen LogP) is 2.30. The predicted molar refractivity (Wildman–Crippen MR) is 66.6 cm³/mol. The van der Waals surface area contributed by atoms with Crippen molar-refractivity contribution in [2.45, 2.75) is 0 Å². The van der Waals surface area contributed by atoms with E-state index in [0.29, 0.717) is 17.0 Å². The van der Waals surface area contributed by atoms with Crippen LogP contribution in [0.1, 0.15) is 16.1 Å². The lowest BCUT2D eigenvalue weighted by Crippen LogP contribution is -2.04. The van der Waals surface area contributed by atoms with Gasteiger partial charge in [-0.25, -0.2) is 0 Å². The third kappa shape index (κ3) is 2.93. The third-order valence-electron chi connectivity index (χ3n) is 2.34. The zero-order chi connectivity index (χ0) is 12.8. The van der Waals surface area contributed by atoms with Crippen molar-refractivity contribution in [3.63, 3.8) is 0 Å². The summed E-state index contributed by atoms with van der Waals surface area (Å²) in [5, 5.41) is 0. The number of ether oxygens (including phenoxy) is 2. The first-order chi connectivity index (χ1) is 8.81. The van der Waals surface area contributed by atoms with Crippen LogP contribution in [0.5, 0.6) is 5.75 Å². The number of methoxy groups -OCH3 is 1. The summed E-state index contributed by atoms with van der Waals surface area (Å²) in [5.41, 5.74) is 0.962. The average Bonchev–Trinajstić information content (AvgIpc) is 2.45. The zero-order valence-corrected chi connectivity index (χ0v) is 10.00. The molecular weight excluding hydrogens is 230 g/mol. The minimum absolute atomic E-state index is 0.126. The number of carbonyl (C=O) groups excluding carboxylic acids is 1. The Balaban J connectivity index is 2.20. The minimum atomic E-state index is -0.126. The minimum Gasteiger partial charge on any atom is -0.468 e. The fraction of sp³-hybridized carbons (Fsp3) is 0.143. The molecule has 1 aromatic heterocycles. The molecule has 0 spiro atoms. The van der Waals surface area contributed by atoms with Crippen LogP contribution in [-0.4, -0.2) is 24.7 Å². The molecule has 0 saturated carbocycles. The molecule has 0 N–H and O–H groups in total. The Labute approximate surface area is 105 Å². The maximum absolute atomic E-state index is 12.1. The van der Waals surface area contributed by atoms with Gasteiger partial charge in [0.05, 0.1) is 0 Å². The van der Waals surface area contributed by atoms with Crippen LogP contribution in [0, 0.1) is 0 Å². The Morgan fingerprint density at radius 3 is 2.83 bits per heavy atom. The molecule has 2 rings (SSSR count). The molecule has 92 valence electrons. The first-order valence-corrected chi connectivity index (χ1v) is 5.49. The van der Waals surface area contributed by atoms with Crippen LogP contribution in [0.4, 0.5) is 0 Å². The molecule has 4 heteroatoms. The summed E-state index contributed by atoms with van der Waals surface area (Å²) in [5.74, 6) is 0.470. The number of carbonyl (C=O) groups is 1. The first-order valence-electron chi connectivity index (χ1n) is 5.49. The lowest BCUT2D eigenvalue weighted by atomic mass is 10.1. The maximum atomic E-state index is 12.1. The summed E-state index contributed by atoms with van der Waals surface area (Å²) < 4.78 is 10.1. The number of ketones is 1. The van der Waals surface area contributed by atoms with Crippen LogP contribution in [-0.2, 0) is 4.74 Å². The summed E-state index contributed by atoms with van der Waals surface area (Å²) in [7, 11) is 1.54. The second kappa shape index (κ2) is 5.93. The third-order valence-corrected chi connectivity index (χ3v) is 2.34. The number of nitrogens with zero attached hydrogens (tertiary/aromatic N) is 1. The topological polar surface area (TPSA) is 48.4 Å². The highest BCUT2D eigenvalue weighted by Crippen LogP contribution is 2.15. The van der Waals surface area contributed by atoms with Crippen LogP contribution >= 0.6 is 0 Å². The van der Waals surface area contributed by atoms with E-state index >= 15 is 0 Å². The monoisotopic (exact) mass is 243 g/mol. The molecular formula is C14H13NO3. The van der Waals surface area contributed by atoms with Crippen LogP contribution < -0.4 is 4.74 Å². The van der Waals surface area contributed by atoms with Gasteiger partial charge in [-0.1, -0.05) is 18.2 Å². The van der Waals surface area contributed by atoms with E-state index in [2.05, 4.69) is 4.98 Å². The van der Waals surface area contributed by atoms with Crippen molar-refractivity contribution in [1.29, 1.82) is 0 Å². The molecule has 4 nitrogen and oxygen atoms in total. The summed E-state index contributed by atoms with van der Waals surface area (Å²) in [6.07, 6.45) is 1.60. The Hall–Kier alpha value is -2.20. The quantitative estimate of drug-likeness (QED) is 0.597. The van der Waals surface area contributed by atoms with Gasteiger partial charge in [0.15, 0.2) is 6.79 Å². The van der Waals surface area contributed by atoms with Crippen molar-refractivity contribution in [2.24, 2.45) is 0 Å². The molecule has 0 radical (unpaired) electrons. The van der Waals surface area contributed by atoms with E-state index in [1.807, 2.05) is 0 Å². The average molecular weight is 243 g/mol. The van der Waals surface area contributed by atoms with Crippen molar-refractivity contribution in [3.05, 3.63) is 59.9 Å². The first kappa shape index (κ1) is 12.3. The van der Waals surface area contributed by atoms with Gasteiger partial charge in [0.2, 0.25) is 5.78 Å². The Kier molecular flexibility index (Phi) is 4.04. The summed E-state index contributed by atoms with van der Waals surface area (Å²) in [6.45, 7) is 0.154. The van der Waals surface area contributed by atoms with Crippen LogP contribution in [0.3, 0.4) is 0 Å². The lowest BCUT2D eigenvalue weighted by molar-refractivity contribution is 0.0510. The van der Waals surface area contributed by atoms with E-state index in [0.717, 1.165) is 0 Å². The summed E-state index contributed by atoms with van der Waals surface area (Å²) >= 11 is 0. The second-order valence-electron chi connectivity index (χ2n) is 3.62. The van der Waals surface area contributed by atoms with Gasteiger partial charge in [0.1, 0.15) is 11.4 Å². The van der Waals surface area contributed by atoms with Crippen molar-refractivity contribution >= 4 is 5.78 Å². The van der Waals surface area contributed by atoms with E-state index in [4.69, 9.17) is 9.47 Å². The molecule has 2 aromatic rings. The van der Waals surface area contributed by atoms with Gasteiger partial charge in [-0.2, -0.15) is 0 Å². The largest absolute Gasteiger partial charge is 0.468 e. The van der Waals surface area contributed by atoms with Crippen LogP contribution in [0.15, 0.2) is 48.7 Å². The molecule has 18 heavy (non-hydrogen) atoms. The van der Waals surface area contributed by atoms with Crippen LogP contribution in [0.25, 0.3) is 0 Å². The molecule has 0 amide bonds. The number of pyridine rings is 1. The van der Waals surface area contributed by atoms with Gasteiger partial charge in [-0.05, 0) is 24.3 Å². The Morgan fingerprint density at radius 2 is 2.11 bits per heavy atom. The Morgan fingerprint density at radius 1 is 1.22 bits per heavy atom. The molecule has 1 heterocycles. The number of hydrogen-bond acceptors (Lipinski definition) is 4. The number of benzene rings is 1. The van der Waals surface area contributed by atoms with Gasteiger partial charge in [-0.3, -0.25) is 9.78 Å². The van der Waals surface area contributed by atoms with Crippen LogP contribution in [0.2, 0.25) is 0 Å².